The van der Waals surface area contributed by atoms with Crippen LogP contribution >= 0.6 is 0 Å². The first-order valence-corrected chi connectivity index (χ1v) is 4.84. The number of nitrogens with zero attached hydrogens (tertiary/aromatic N) is 2. The van der Waals surface area contributed by atoms with Gasteiger partial charge in [0.2, 0.25) is 11.7 Å². The zero-order chi connectivity index (χ0) is 12.4. The van der Waals surface area contributed by atoms with Crippen LogP contribution in [0.25, 0.3) is 0 Å². The highest BCUT2D eigenvalue weighted by atomic mass is 16.5. The zero-order valence-corrected chi connectivity index (χ0v) is 8.67. The second-order valence-corrected chi connectivity index (χ2v) is 3.46. The number of piperazine rings is 1. The van der Waals surface area contributed by atoms with Gasteiger partial charge in [-0.25, -0.2) is 4.79 Å². The smallest absolute Gasteiger partial charge is 0.374 e. The summed E-state index contributed by atoms with van der Waals surface area (Å²) >= 11 is 0. The van der Waals surface area contributed by atoms with Crippen LogP contribution < -0.4 is 5.32 Å². The normalized spacial score (nSPS) is 15.5. The monoisotopic (exact) mass is 239 g/mol. The molecule has 8 heteroatoms. The van der Waals surface area contributed by atoms with Gasteiger partial charge >= 0.3 is 5.97 Å². The fraction of sp³-hybridized carbons (Fsp3) is 0.333. The van der Waals surface area contributed by atoms with Gasteiger partial charge in [0.1, 0.15) is 0 Å². The van der Waals surface area contributed by atoms with Crippen LogP contribution in [0.2, 0.25) is 0 Å². The third-order valence-corrected chi connectivity index (χ3v) is 2.27. The van der Waals surface area contributed by atoms with Crippen LogP contribution in [-0.4, -0.2) is 52.6 Å². The van der Waals surface area contributed by atoms with Gasteiger partial charge in [-0.1, -0.05) is 5.16 Å². The van der Waals surface area contributed by atoms with Crippen molar-refractivity contribution in [3.8, 4) is 0 Å². The lowest BCUT2D eigenvalue weighted by Crippen LogP contribution is -2.50. The third-order valence-electron chi connectivity index (χ3n) is 2.27. The molecule has 1 aliphatic rings. The summed E-state index contributed by atoms with van der Waals surface area (Å²) in [6.45, 7) is 0.669. The van der Waals surface area contributed by atoms with E-state index in [1.54, 1.807) is 0 Å². The van der Waals surface area contributed by atoms with Crippen LogP contribution in [0.3, 0.4) is 0 Å². The minimum Gasteiger partial charge on any atom is -0.475 e. The maximum Gasteiger partial charge on any atom is 0.374 e. The second-order valence-electron chi connectivity index (χ2n) is 3.46. The van der Waals surface area contributed by atoms with Crippen molar-refractivity contribution in [2.45, 2.75) is 0 Å². The predicted octanol–water partition coefficient (Wildman–Crippen LogP) is -1.06. The lowest BCUT2D eigenvalue weighted by atomic mass is 10.3. The van der Waals surface area contributed by atoms with Crippen molar-refractivity contribution in [3.05, 3.63) is 17.5 Å². The topological polar surface area (TPSA) is 113 Å². The number of rotatable bonds is 2. The molecule has 0 saturated carbocycles. The van der Waals surface area contributed by atoms with E-state index in [9.17, 15) is 14.4 Å². The van der Waals surface area contributed by atoms with Gasteiger partial charge < -0.3 is 19.8 Å². The molecule has 0 aromatic carbocycles. The van der Waals surface area contributed by atoms with E-state index >= 15 is 0 Å². The lowest BCUT2D eigenvalue weighted by molar-refractivity contribution is -0.123. The van der Waals surface area contributed by atoms with Crippen molar-refractivity contribution >= 4 is 17.8 Å². The maximum atomic E-state index is 11.8. The van der Waals surface area contributed by atoms with Gasteiger partial charge in [-0.15, -0.1) is 0 Å². The van der Waals surface area contributed by atoms with Crippen LogP contribution in [-0.2, 0) is 4.79 Å². The third kappa shape index (κ3) is 2.25. The average Bonchev–Trinajstić information content (AvgIpc) is 2.77. The van der Waals surface area contributed by atoms with Gasteiger partial charge in [-0.05, 0) is 0 Å². The van der Waals surface area contributed by atoms with Crippen LogP contribution in [0.5, 0.6) is 0 Å². The number of carboxylic acids is 1. The first kappa shape index (κ1) is 11.1. The van der Waals surface area contributed by atoms with Gasteiger partial charge in [0.15, 0.2) is 5.69 Å². The molecular weight excluding hydrogens is 230 g/mol. The van der Waals surface area contributed by atoms with Crippen molar-refractivity contribution in [3.63, 3.8) is 0 Å². The molecule has 0 spiro atoms. The van der Waals surface area contributed by atoms with E-state index in [1.807, 2.05) is 0 Å². The Morgan fingerprint density at radius 3 is 2.88 bits per heavy atom. The summed E-state index contributed by atoms with van der Waals surface area (Å²) in [5, 5.41) is 14.5. The van der Waals surface area contributed by atoms with E-state index in [1.165, 1.54) is 4.90 Å². The molecule has 0 atom stereocenters. The number of carbonyl (C=O) groups is 3. The van der Waals surface area contributed by atoms with E-state index in [0.717, 1.165) is 6.07 Å². The number of nitrogens with one attached hydrogen (secondary N) is 1. The number of amides is 2. The molecule has 2 heterocycles. The van der Waals surface area contributed by atoms with E-state index in [2.05, 4.69) is 15.0 Å². The molecule has 8 nitrogen and oxygen atoms in total. The molecule has 0 radical (unpaired) electrons. The number of aromatic nitrogens is 1. The second kappa shape index (κ2) is 4.24. The molecule has 2 amide bonds. The van der Waals surface area contributed by atoms with Crippen molar-refractivity contribution in [1.82, 2.24) is 15.4 Å². The predicted molar refractivity (Wildman–Crippen MR) is 52.4 cm³/mol. The fourth-order valence-electron chi connectivity index (χ4n) is 1.45. The van der Waals surface area contributed by atoms with Crippen molar-refractivity contribution in [2.75, 3.05) is 19.6 Å². The van der Waals surface area contributed by atoms with Crippen LogP contribution in [0.15, 0.2) is 10.6 Å². The summed E-state index contributed by atoms with van der Waals surface area (Å²) in [6.07, 6.45) is 0. The molecule has 90 valence electrons. The fourth-order valence-corrected chi connectivity index (χ4v) is 1.45. The summed E-state index contributed by atoms with van der Waals surface area (Å²) in [5.74, 6) is -2.48. The van der Waals surface area contributed by atoms with Crippen LogP contribution in [0.1, 0.15) is 21.0 Å². The van der Waals surface area contributed by atoms with Gasteiger partial charge in [0.05, 0.1) is 6.54 Å². The summed E-state index contributed by atoms with van der Waals surface area (Å²) < 4.78 is 4.47. The molecule has 1 saturated heterocycles. The molecule has 2 N–H and O–H groups in total. The van der Waals surface area contributed by atoms with Crippen molar-refractivity contribution < 1.29 is 24.0 Å². The molecule has 0 aliphatic carbocycles. The summed E-state index contributed by atoms with van der Waals surface area (Å²) in [6, 6.07) is 1.04. The van der Waals surface area contributed by atoms with Crippen LogP contribution in [0.4, 0.5) is 0 Å². The Kier molecular flexibility index (Phi) is 2.77. The van der Waals surface area contributed by atoms with E-state index < -0.39 is 17.6 Å². The molecule has 1 aliphatic heterocycles. The number of carbonyl (C=O) groups excluding carboxylic acids is 2. The number of aromatic carboxylic acids is 1. The average molecular weight is 239 g/mol. The minimum absolute atomic E-state index is 0.0614. The van der Waals surface area contributed by atoms with Gasteiger partial charge in [0.25, 0.3) is 5.91 Å². The summed E-state index contributed by atoms with van der Waals surface area (Å²) in [5.41, 5.74) is -0.114. The molecule has 1 aromatic rings. The Labute approximate surface area is 95.2 Å². The minimum atomic E-state index is -1.30. The Balaban J connectivity index is 2.13. The quantitative estimate of drug-likeness (QED) is 0.680. The molecule has 17 heavy (non-hydrogen) atoms. The van der Waals surface area contributed by atoms with Gasteiger partial charge in [-0.2, -0.15) is 0 Å². The van der Waals surface area contributed by atoms with E-state index in [-0.39, 0.29) is 18.1 Å². The highest BCUT2D eigenvalue weighted by Gasteiger charge is 2.25. The van der Waals surface area contributed by atoms with E-state index in [0.29, 0.717) is 13.1 Å². The van der Waals surface area contributed by atoms with Crippen molar-refractivity contribution in [1.29, 1.82) is 0 Å². The Hall–Kier alpha value is -2.38. The summed E-state index contributed by atoms with van der Waals surface area (Å²) in [4.78, 5) is 34.7. The molecule has 0 unspecified atom stereocenters. The Morgan fingerprint density at radius 2 is 2.29 bits per heavy atom. The molecule has 1 aromatic heterocycles. The van der Waals surface area contributed by atoms with E-state index in [4.69, 9.17) is 5.11 Å². The van der Waals surface area contributed by atoms with Crippen LogP contribution in [0, 0.1) is 0 Å². The summed E-state index contributed by atoms with van der Waals surface area (Å²) in [7, 11) is 0. The molecular formula is C9H9N3O5. The first-order valence-electron chi connectivity index (χ1n) is 4.84. The zero-order valence-electron chi connectivity index (χ0n) is 8.67. The molecule has 0 bridgehead atoms. The lowest BCUT2D eigenvalue weighted by Gasteiger charge is -2.25. The van der Waals surface area contributed by atoms with Gasteiger partial charge in [0, 0.05) is 19.2 Å². The molecule has 1 fully saturated rings. The number of hydrogen-bond acceptors (Lipinski definition) is 5. The maximum absolute atomic E-state index is 11.8. The Morgan fingerprint density at radius 1 is 1.53 bits per heavy atom. The number of carboxylic acid groups (broad SMARTS) is 1. The largest absolute Gasteiger partial charge is 0.475 e. The van der Waals surface area contributed by atoms with Gasteiger partial charge in [-0.3, -0.25) is 9.59 Å². The first-order chi connectivity index (χ1) is 8.08. The SMILES string of the molecule is O=C1CN(C(=O)c2cc(C(=O)O)on2)CCN1. The number of hydrogen-bond donors (Lipinski definition) is 2. The molecule has 2 rings (SSSR count). The Bertz CT molecular complexity index is 481. The van der Waals surface area contributed by atoms with Crippen molar-refractivity contribution in [2.24, 2.45) is 0 Å². The highest BCUT2D eigenvalue weighted by molar-refractivity contribution is 5.97. The highest BCUT2D eigenvalue weighted by Crippen LogP contribution is 2.08. The standard InChI is InChI=1S/C9H9N3O5/c13-7-4-12(2-1-10-7)8(14)5-3-6(9(15)16)17-11-5/h3H,1-2,4H2,(H,10,13)(H,15,16).